The standard InChI is InChI=1S/C20H28N2O3/c1-2-25-18-5-3-4-17(8-18)19(24)21-13-20(14-21)9-16(12-23)11-22(20)10-15-6-7-15/h3-5,8,15-16,23H,2,6-7,9-14H2,1H3/t16-/m1/s1. The Bertz CT molecular complexity index is 638. The number of likely N-dealkylation sites (tertiary alicyclic amines) is 2. The Labute approximate surface area is 149 Å². The Morgan fingerprint density at radius 2 is 2.12 bits per heavy atom. The topological polar surface area (TPSA) is 53.0 Å². The second-order valence-electron chi connectivity index (χ2n) is 7.95. The van der Waals surface area contributed by atoms with Gasteiger partial charge in [-0.05, 0) is 56.2 Å². The molecule has 1 aromatic carbocycles. The first kappa shape index (κ1) is 16.9. The van der Waals surface area contributed by atoms with Crippen LogP contribution < -0.4 is 4.74 Å². The first-order valence-electron chi connectivity index (χ1n) is 9.51. The normalized spacial score (nSPS) is 25.2. The highest BCUT2D eigenvalue weighted by Crippen LogP contribution is 2.43. The predicted molar refractivity (Wildman–Crippen MR) is 95.7 cm³/mol. The van der Waals surface area contributed by atoms with Crippen LogP contribution in [0.3, 0.4) is 0 Å². The molecule has 3 fully saturated rings. The van der Waals surface area contributed by atoms with E-state index in [2.05, 4.69) is 4.90 Å². The quantitative estimate of drug-likeness (QED) is 0.858. The van der Waals surface area contributed by atoms with Gasteiger partial charge >= 0.3 is 0 Å². The van der Waals surface area contributed by atoms with E-state index in [0.717, 1.165) is 44.3 Å². The van der Waals surface area contributed by atoms with Crippen molar-refractivity contribution in [3.63, 3.8) is 0 Å². The van der Waals surface area contributed by atoms with Crippen molar-refractivity contribution in [3.8, 4) is 5.75 Å². The molecule has 4 rings (SSSR count). The fourth-order valence-electron chi connectivity index (χ4n) is 4.44. The van der Waals surface area contributed by atoms with Gasteiger partial charge in [-0.25, -0.2) is 0 Å². The summed E-state index contributed by atoms with van der Waals surface area (Å²) >= 11 is 0. The highest BCUT2D eigenvalue weighted by Gasteiger charge is 2.55. The summed E-state index contributed by atoms with van der Waals surface area (Å²) in [7, 11) is 0. The molecule has 136 valence electrons. The van der Waals surface area contributed by atoms with Crippen molar-refractivity contribution in [2.24, 2.45) is 11.8 Å². The Kier molecular flexibility index (Phi) is 4.46. The van der Waals surface area contributed by atoms with Gasteiger partial charge in [-0.15, -0.1) is 0 Å². The lowest BCUT2D eigenvalue weighted by Crippen LogP contribution is -2.69. The van der Waals surface area contributed by atoms with Crippen LogP contribution in [-0.4, -0.2) is 65.7 Å². The number of carbonyl (C=O) groups is 1. The molecule has 1 N–H and O–H groups in total. The van der Waals surface area contributed by atoms with E-state index in [1.165, 1.54) is 12.8 Å². The highest BCUT2D eigenvalue weighted by molar-refractivity contribution is 5.95. The maximum Gasteiger partial charge on any atom is 0.254 e. The average molecular weight is 344 g/mol. The van der Waals surface area contributed by atoms with Crippen LogP contribution in [0.2, 0.25) is 0 Å². The molecule has 2 aliphatic heterocycles. The molecule has 1 saturated carbocycles. The van der Waals surface area contributed by atoms with Gasteiger partial charge in [0.15, 0.2) is 0 Å². The zero-order valence-electron chi connectivity index (χ0n) is 15.0. The van der Waals surface area contributed by atoms with E-state index in [1.807, 2.05) is 36.1 Å². The Balaban J connectivity index is 1.42. The number of hydrogen-bond acceptors (Lipinski definition) is 4. The molecular formula is C20H28N2O3. The van der Waals surface area contributed by atoms with Crippen LogP contribution in [0.1, 0.15) is 36.5 Å². The molecule has 0 bridgehead atoms. The molecule has 25 heavy (non-hydrogen) atoms. The Morgan fingerprint density at radius 1 is 1.32 bits per heavy atom. The third-order valence-corrected chi connectivity index (χ3v) is 5.90. The molecule has 1 aromatic rings. The summed E-state index contributed by atoms with van der Waals surface area (Å²) in [5, 5.41) is 9.60. The van der Waals surface area contributed by atoms with Crippen molar-refractivity contribution in [1.82, 2.24) is 9.80 Å². The molecule has 1 amide bonds. The van der Waals surface area contributed by atoms with Gasteiger partial charge in [-0.2, -0.15) is 0 Å². The largest absolute Gasteiger partial charge is 0.494 e. The van der Waals surface area contributed by atoms with Crippen molar-refractivity contribution >= 4 is 5.91 Å². The zero-order valence-corrected chi connectivity index (χ0v) is 15.0. The maximum atomic E-state index is 12.8. The molecule has 5 heteroatoms. The van der Waals surface area contributed by atoms with Crippen molar-refractivity contribution in [2.45, 2.75) is 31.7 Å². The van der Waals surface area contributed by atoms with Gasteiger partial charge in [-0.1, -0.05) is 6.07 Å². The minimum absolute atomic E-state index is 0.0889. The number of ether oxygens (including phenoxy) is 1. The fraction of sp³-hybridized carbons (Fsp3) is 0.650. The van der Waals surface area contributed by atoms with E-state index < -0.39 is 0 Å². The molecular weight excluding hydrogens is 316 g/mol. The molecule has 0 unspecified atom stereocenters. The highest BCUT2D eigenvalue weighted by atomic mass is 16.5. The van der Waals surface area contributed by atoms with Crippen LogP contribution in [0.5, 0.6) is 5.75 Å². The first-order chi connectivity index (χ1) is 12.1. The van der Waals surface area contributed by atoms with E-state index >= 15 is 0 Å². The molecule has 2 saturated heterocycles. The second-order valence-corrected chi connectivity index (χ2v) is 7.95. The molecule has 1 spiro atoms. The smallest absolute Gasteiger partial charge is 0.254 e. The monoisotopic (exact) mass is 344 g/mol. The number of hydrogen-bond donors (Lipinski definition) is 1. The number of nitrogens with zero attached hydrogens (tertiary/aromatic N) is 2. The zero-order chi connectivity index (χ0) is 17.4. The SMILES string of the molecule is CCOc1cccc(C(=O)N2CC3(C[C@@H](CO)CN3CC3CC3)C2)c1. The van der Waals surface area contributed by atoms with Crippen molar-refractivity contribution in [3.05, 3.63) is 29.8 Å². The lowest BCUT2D eigenvalue weighted by Gasteiger charge is -2.53. The van der Waals surface area contributed by atoms with Gasteiger partial charge in [0.2, 0.25) is 0 Å². The minimum Gasteiger partial charge on any atom is -0.494 e. The van der Waals surface area contributed by atoms with Crippen LogP contribution in [0.4, 0.5) is 0 Å². The number of rotatable bonds is 6. The number of benzene rings is 1. The summed E-state index contributed by atoms with van der Waals surface area (Å²) < 4.78 is 5.51. The maximum absolute atomic E-state index is 12.8. The number of carbonyl (C=O) groups excluding carboxylic acids is 1. The molecule has 1 atom stereocenters. The van der Waals surface area contributed by atoms with Crippen LogP contribution in [0.25, 0.3) is 0 Å². The van der Waals surface area contributed by atoms with E-state index in [-0.39, 0.29) is 18.1 Å². The summed E-state index contributed by atoms with van der Waals surface area (Å²) in [5.41, 5.74) is 0.801. The third kappa shape index (κ3) is 3.27. The van der Waals surface area contributed by atoms with Gasteiger partial charge in [0.05, 0.1) is 12.1 Å². The van der Waals surface area contributed by atoms with Gasteiger partial charge < -0.3 is 14.7 Å². The molecule has 2 heterocycles. The predicted octanol–water partition coefficient (Wildman–Crippen LogP) is 2.00. The molecule has 3 aliphatic rings. The van der Waals surface area contributed by atoms with E-state index in [4.69, 9.17) is 4.74 Å². The molecule has 1 aliphatic carbocycles. The third-order valence-electron chi connectivity index (χ3n) is 5.90. The minimum atomic E-state index is 0.0889. The molecule has 0 radical (unpaired) electrons. The second kappa shape index (κ2) is 6.61. The summed E-state index contributed by atoms with van der Waals surface area (Å²) in [6.07, 6.45) is 3.69. The average Bonchev–Trinajstić information content (AvgIpc) is 3.32. The lowest BCUT2D eigenvalue weighted by molar-refractivity contribution is -0.0200. The van der Waals surface area contributed by atoms with Gasteiger partial charge in [0.25, 0.3) is 5.91 Å². The van der Waals surface area contributed by atoms with Crippen molar-refractivity contribution in [1.29, 1.82) is 0 Å². The molecule has 0 aromatic heterocycles. The molecule has 5 nitrogen and oxygen atoms in total. The van der Waals surface area contributed by atoms with E-state index in [1.54, 1.807) is 0 Å². The Morgan fingerprint density at radius 3 is 2.80 bits per heavy atom. The summed E-state index contributed by atoms with van der Waals surface area (Å²) in [4.78, 5) is 17.3. The van der Waals surface area contributed by atoms with Gasteiger partial charge in [0.1, 0.15) is 5.75 Å². The number of aliphatic hydroxyl groups excluding tert-OH is 1. The summed E-state index contributed by atoms with van der Waals surface area (Å²) in [5.74, 6) is 2.03. The summed E-state index contributed by atoms with van der Waals surface area (Å²) in [6.45, 7) is 6.49. The van der Waals surface area contributed by atoms with Gasteiger partial charge in [0, 0.05) is 38.3 Å². The fourth-order valence-corrected chi connectivity index (χ4v) is 4.44. The van der Waals surface area contributed by atoms with Crippen LogP contribution in [0.15, 0.2) is 24.3 Å². The summed E-state index contributed by atoms with van der Waals surface area (Å²) in [6, 6.07) is 7.47. The first-order valence-corrected chi connectivity index (χ1v) is 9.51. The number of aliphatic hydroxyl groups is 1. The van der Waals surface area contributed by atoms with E-state index in [9.17, 15) is 9.90 Å². The van der Waals surface area contributed by atoms with Crippen molar-refractivity contribution < 1.29 is 14.6 Å². The number of amides is 1. The Hall–Kier alpha value is -1.59. The van der Waals surface area contributed by atoms with Crippen molar-refractivity contribution in [2.75, 3.05) is 39.4 Å². The van der Waals surface area contributed by atoms with Gasteiger partial charge in [-0.3, -0.25) is 9.69 Å². The van der Waals surface area contributed by atoms with E-state index in [0.29, 0.717) is 18.1 Å². The van der Waals surface area contributed by atoms with Crippen LogP contribution in [0, 0.1) is 11.8 Å². The van der Waals surface area contributed by atoms with Crippen LogP contribution in [-0.2, 0) is 0 Å². The lowest BCUT2D eigenvalue weighted by atomic mass is 9.84. The van der Waals surface area contributed by atoms with Crippen LogP contribution >= 0.6 is 0 Å².